The molecule has 1 saturated carbocycles. The molecule has 0 radical (unpaired) electrons. The number of alkyl halides is 3. The highest BCUT2D eigenvalue weighted by molar-refractivity contribution is 5.94. The Bertz CT molecular complexity index is 713. The molecule has 1 aliphatic rings. The number of nitrogens with zero attached hydrogens (tertiary/aromatic N) is 2. The summed E-state index contributed by atoms with van der Waals surface area (Å²) < 4.78 is 37.8. The Labute approximate surface area is 143 Å². The van der Waals surface area contributed by atoms with Gasteiger partial charge in [-0.05, 0) is 30.0 Å². The van der Waals surface area contributed by atoms with Crippen LogP contribution >= 0.6 is 0 Å². The SMILES string of the molecule is O=C(NCC(CC1CC1)c1cnc(C(F)(F)F)nc1)c1ccccc1. The van der Waals surface area contributed by atoms with Gasteiger partial charge in [0.2, 0.25) is 5.82 Å². The molecule has 1 aromatic carbocycles. The van der Waals surface area contributed by atoms with Crippen molar-refractivity contribution in [3.05, 3.63) is 59.7 Å². The summed E-state index contributed by atoms with van der Waals surface area (Å²) in [6.45, 7) is 0.346. The third kappa shape index (κ3) is 4.78. The Kier molecular flexibility index (Phi) is 5.01. The first kappa shape index (κ1) is 17.4. The van der Waals surface area contributed by atoms with Crippen LogP contribution in [0.1, 0.15) is 46.9 Å². The van der Waals surface area contributed by atoms with E-state index in [9.17, 15) is 18.0 Å². The maximum atomic E-state index is 12.6. The van der Waals surface area contributed by atoms with Crippen molar-refractivity contribution in [3.63, 3.8) is 0 Å². The van der Waals surface area contributed by atoms with Crippen LogP contribution in [0.3, 0.4) is 0 Å². The summed E-state index contributed by atoms with van der Waals surface area (Å²) in [5, 5.41) is 2.86. The Morgan fingerprint density at radius 3 is 2.36 bits per heavy atom. The quantitative estimate of drug-likeness (QED) is 0.863. The molecule has 4 nitrogen and oxygen atoms in total. The second kappa shape index (κ2) is 7.21. The van der Waals surface area contributed by atoms with E-state index in [4.69, 9.17) is 0 Å². The number of halogens is 3. The van der Waals surface area contributed by atoms with Crippen LogP contribution in [0.25, 0.3) is 0 Å². The van der Waals surface area contributed by atoms with Gasteiger partial charge in [0, 0.05) is 30.4 Å². The summed E-state index contributed by atoms with van der Waals surface area (Å²) in [4.78, 5) is 19.0. The van der Waals surface area contributed by atoms with Gasteiger partial charge in [-0.2, -0.15) is 13.2 Å². The van der Waals surface area contributed by atoms with E-state index in [1.165, 1.54) is 12.4 Å². The molecule has 1 N–H and O–H groups in total. The molecule has 0 saturated heterocycles. The smallest absolute Gasteiger partial charge is 0.351 e. The van der Waals surface area contributed by atoms with Gasteiger partial charge in [-0.15, -0.1) is 0 Å². The van der Waals surface area contributed by atoms with Gasteiger partial charge in [-0.1, -0.05) is 31.0 Å². The topological polar surface area (TPSA) is 54.9 Å². The first-order chi connectivity index (χ1) is 11.9. The van der Waals surface area contributed by atoms with Crippen LogP contribution in [0, 0.1) is 5.92 Å². The van der Waals surface area contributed by atoms with E-state index in [-0.39, 0.29) is 11.8 Å². The van der Waals surface area contributed by atoms with Crippen LogP contribution < -0.4 is 5.32 Å². The Morgan fingerprint density at radius 1 is 1.16 bits per heavy atom. The van der Waals surface area contributed by atoms with Crippen molar-refractivity contribution >= 4 is 5.91 Å². The lowest BCUT2D eigenvalue weighted by Gasteiger charge is -2.18. The lowest BCUT2D eigenvalue weighted by atomic mass is 9.95. The number of nitrogens with one attached hydrogen (secondary N) is 1. The molecule has 0 aliphatic heterocycles. The van der Waals surface area contributed by atoms with Gasteiger partial charge in [-0.25, -0.2) is 9.97 Å². The first-order valence-corrected chi connectivity index (χ1v) is 8.16. The monoisotopic (exact) mass is 349 g/mol. The van der Waals surface area contributed by atoms with Crippen LogP contribution in [0.5, 0.6) is 0 Å². The summed E-state index contributed by atoms with van der Waals surface area (Å²) in [5.41, 5.74) is 1.17. The highest BCUT2D eigenvalue weighted by Gasteiger charge is 2.35. The van der Waals surface area contributed by atoms with E-state index >= 15 is 0 Å². The fraction of sp³-hybridized carbons (Fsp3) is 0.389. The minimum absolute atomic E-state index is 0.0950. The summed E-state index contributed by atoms with van der Waals surface area (Å²) >= 11 is 0. The summed E-state index contributed by atoms with van der Waals surface area (Å²) in [6, 6.07) is 8.81. The maximum absolute atomic E-state index is 12.6. The molecule has 1 amide bonds. The van der Waals surface area contributed by atoms with Crippen LogP contribution in [0.4, 0.5) is 13.2 Å². The second-order valence-corrected chi connectivity index (χ2v) is 6.29. The van der Waals surface area contributed by atoms with E-state index in [0.29, 0.717) is 23.6 Å². The van der Waals surface area contributed by atoms with Crippen molar-refractivity contribution in [2.45, 2.75) is 31.4 Å². The maximum Gasteiger partial charge on any atom is 0.451 e. The van der Waals surface area contributed by atoms with E-state index < -0.39 is 12.0 Å². The lowest BCUT2D eigenvalue weighted by Crippen LogP contribution is -2.29. The minimum atomic E-state index is -4.55. The van der Waals surface area contributed by atoms with Crippen molar-refractivity contribution in [2.75, 3.05) is 6.54 Å². The minimum Gasteiger partial charge on any atom is -0.351 e. The van der Waals surface area contributed by atoms with Gasteiger partial charge in [0.1, 0.15) is 0 Å². The number of hydrogen-bond acceptors (Lipinski definition) is 3. The van der Waals surface area contributed by atoms with Crippen molar-refractivity contribution < 1.29 is 18.0 Å². The predicted molar refractivity (Wildman–Crippen MR) is 85.9 cm³/mol. The molecule has 132 valence electrons. The number of aromatic nitrogens is 2. The van der Waals surface area contributed by atoms with E-state index in [0.717, 1.165) is 19.3 Å². The molecule has 1 atom stereocenters. The van der Waals surface area contributed by atoms with Gasteiger partial charge in [-0.3, -0.25) is 4.79 Å². The van der Waals surface area contributed by atoms with Crippen molar-refractivity contribution in [3.8, 4) is 0 Å². The third-order valence-electron chi connectivity index (χ3n) is 4.26. The second-order valence-electron chi connectivity index (χ2n) is 6.29. The molecular weight excluding hydrogens is 331 g/mol. The normalized spacial score (nSPS) is 15.6. The van der Waals surface area contributed by atoms with Crippen LogP contribution in [-0.2, 0) is 6.18 Å². The van der Waals surface area contributed by atoms with E-state index in [1.54, 1.807) is 24.3 Å². The summed E-state index contributed by atoms with van der Waals surface area (Å²) in [6.07, 6.45) is 0.931. The highest BCUT2D eigenvalue weighted by Crippen LogP contribution is 2.38. The number of carbonyl (C=O) groups excluding carboxylic acids is 1. The molecule has 1 aromatic heterocycles. The van der Waals surface area contributed by atoms with E-state index in [2.05, 4.69) is 15.3 Å². The van der Waals surface area contributed by atoms with Crippen molar-refractivity contribution in [1.82, 2.24) is 15.3 Å². The molecule has 1 aliphatic carbocycles. The molecule has 3 rings (SSSR count). The molecule has 1 heterocycles. The zero-order chi connectivity index (χ0) is 17.9. The Hall–Kier alpha value is -2.44. The predicted octanol–water partition coefficient (Wildman–Crippen LogP) is 3.81. The summed E-state index contributed by atoms with van der Waals surface area (Å²) in [7, 11) is 0. The van der Waals surface area contributed by atoms with Crippen molar-refractivity contribution in [2.24, 2.45) is 5.92 Å². The molecule has 7 heteroatoms. The largest absolute Gasteiger partial charge is 0.451 e. The fourth-order valence-electron chi connectivity index (χ4n) is 2.70. The number of rotatable bonds is 6. The molecular formula is C18H18F3N3O. The van der Waals surface area contributed by atoms with Gasteiger partial charge >= 0.3 is 6.18 Å². The first-order valence-electron chi connectivity index (χ1n) is 8.16. The molecule has 1 unspecified atom stereocenters. The Balaban J connectivity index is 1.68. The van der Waals surface area contributed by atoms with Gasteiger partial charge < -0.3 is 5.32 Å². The average molecular weight is 349 g/mol. The van der Waals surface area contributed by atoms with Crippen LogP contribution in [0.2, 0.25) is 0 Å². The van der Waals surface area contributed by atoms with Crippen LogP contribution in [-0.4, -0.2) is 22.4 Å². The third-order valence-corrected chi connectivity index (χ3v) is 4.26. The lowest BCUT2D eigenvalue weighted by molar-refractivity contribution is -0.145. The van der Waals surface area contributed by atoms with Gasteiger partial charge in [0.05, 0.1) is 0 Å². The number of hydrogen-bond donors (Lipinski definition) is 1. The number of carbonyl (C=O) groups is 1. The van der Waals surface area contributed by atoms with Crippen molar-refractivity contribution in [1.29, 1.82) is 0 Å². The standard InChI is InChI=1S/C18H18F3N3O/c19-18(20,21)17-23-10-15(11-24-17)14(8-12-6-7-12)9-22-16(25)13-4-2-1-3-5-13/h1-5,10-12,14H,6-9H2,(H,22,25). The molecule has 25 heavy (non-hydrogen) atoms. The molecule has 0 spiro atoms. The molecule has 2 aromatic rings. The average Bonchev–Trinajstić information content (AvgIpc) is 3.42. The van der Waals surface area contributed by atoms with E-state index in [1.807, 2.05) is 6.07 Å². The number of amides is 1. The van der Waals surface area contributed by atoms with Crippen LogP contribution in [0.15, 0.2) is 42.7 Å². The molecule has 1 fully saturated rings. The zero-order valence-electron chi connectivity index (χ0n) is 13.5. The number of benzene rings is 1. The van der Waals surface area contributed by atoms with Gasteiger partial charge in [0.15, 0.2) is 0 Å². The fourth-order valence-corrected chi connectivity index (χ4v) is 2.70. The molecule has 0 bridgehead atoms. The zero-order valence-corrected chi connectivity index (χ0v) is 13.5. The Morgan fingerprint density at radius 2 is 1.80 bits per heavy atom. The van der Waals surface area contributed by atoms with Gasteiger partial charge in [0.25, 0.3) is 5.91 Å². The summed E-state index contributed by atoms with van der Waals surface area (Å²) in [5.74, 6) is -0.882. The highest BCUT2D eigenvalue weighted by atomic mass is 19.4.